The van der Waals surface area contributed by atoms with Crippen LogP contribution in [-0.2, 0) is 4.74 Å². The van der Waals surface area contributed by atoms with Crippen molar-refractivity contribution in [2.24, 2.45) is 0 Å². The Bertz CT molecular complexity index is 487. The Labute approximate surface area is 124 Å². The van der Waals surface area contributed by atoms with Crippen LogP contribution in [0.3, 0.4) is 0 Å². The fourth-order valence-electron chi connectivity index (χ4n) is 3.62. The molecule has 3 aliphatic rings. The van der Waals surface area contributed by atoms with Crippen molar-refractivity contribution >= 4 is 11.8 Å². The van der Waals surface area contributed by atoms with Gasteiger partial charge < -0.3 is 14.8 Å². The molecule has 0 aromatic heterocycles. The summed E-state index contributed by atoms with van der Waals surface area (Å²) in [6, 6.07) is 9.29. The molecule has 3 aliphatic heterocycles. The lowest BCUT2D eigenvalue weighted by molar-refractivity contribution is -0.0715. The number of hydrogen-bond acceptors (Lipinski definition) is 4. The molecule has 3 unspecified atom stereocenters. The molecule has 0 amide bonds. The highest BCUT2D eigenvalue weighted by atomic mass is 32.2. The van der Waals surface area contributed by atoms with E-state index in [1.165, 1.54) is 23.5 Å². The van der Waals surface area contributed by atoms with Crippen LogP contribution in [-0.4, -0.2) is 36.4 Å². The number of para-hydroxylation sites is 1. The Balaban J connectivity index is 1.45. The van der Waals surface area contributed by atoms with E-state index in [0.29, 0.717) is 12.1 Å². The molecule has 3 atom stereocenters. The number of fused-ring (bicyclic) bond motifs is 1. The first kappa shape index (κ1) is 13.0. The van der Waals surface area contributed by atoms with Gasteiger partial charge in [0.15, 0.2) is 0 Å². The second kappa shape index (κ2) is 5.24. The topological polar surface area (TPSA) is 30.5 Å². The summed E-state index contributed by atoms with van der Waals surface area (Å²) >= 11 is 2.04. The maximum absolute atomic E-state index is 6.10. The Morgan fingerprint density at radius 3 is 3.15 bits per heavy atom. The lowest BCUT2D eigenvalue weighted by Gasteiger charge is -2.39. The first-order valence-corrected chi connectivity index (χ1v) is 8.70. The van der Waals surface area contributed by atoms with E-state index in [9.17, 15) is 0 Å². The van der Waals surface area contributed by atoms with Crippen molar-refractivity contribution in [2.45, 2.75) is 36.9 Å². The highest BCUT2D eigenvalue weighted by molar-refractivity contribution is 7.99. The highest BCUT2D eigenvalue weighted by Gasteiger charge is 2.41. The molecule has 0 radical (unpaired) electrons. The molecule has 2 fully saturated rings. The van der Waals surface area contributed by atoms with Crippen LogP contribution in [0, 0.1) is 0 Å². The van der Waals surface area contributed by atoms with Gasteiger partial charge in [0.25, 0.3) is 0 Å². The molecule has 4 rings (SSSR count). The van der Waals surface area contributed by atoms with Gasteiger partial charge in [-0.15, -0.1) is 0 Å². The number of thioether (sulfide) groups is 1. The summed E-state index contributed by atoms with van der Waals surface area (Å²) in [7, 11) is 0. The van der Waals surface area contributed by atoms with Gasteiger partial charge in [-0.1, -0.05) is 18.2 Å². The van der Waals surface area contributed by atoms with Gasteiger partial charge in [0.2, 0.25) is 0 Å². The Morgan fingerprint density at radius 1 is 1.30 bits per heavy atom. The van der Waals surface area contributed by atoms with E-state index in [1.807, 2.05) is 17.8 Å². The van der Waals surface area contributed by atoms with Gasteiger partial charge in [-0.25, -0.2) is 0 Å². The molecule has 1 aromatic rings. The summed E-state index contributed by atoms with van der Waals surface area (Å²) in [6.07, 6.45) is 3.48. The second-order valence-corrected chi connectivity index (χ2v) is 7.20. The highest BCUT2D eigenvalue weighted by Crippen LogP contribution is 2.39. The smallest absolute Gasteiger partial charge is 0.124 e. The van der Waals surface area contributed by atoms with Crippen LogP contribution in [0.15, 0.2) is 24.3 Å². The Morgan fingerprint density at radius 2 is 2.25 bits per heavy atom. The molecule has 108 valence electrons. The van der Waals surface area contributed by atoms with Crippen molar-refractivity contribution in [3.63, 3.8) is 0 Å². The molecule has 0 bridgehead atoms. The largest absolute Gasteiger partial charge is 0.491 e. The molecule has 0 saturated carbocycles. The number of hydrogen-bond donors (Lipinski definition) is 1. The van der Waals surface area contributed by atoms with Crippen molar-refractivity contribution in [2.75, 3.05) is 24.7 Å². The first-order valence-electron chi connectivity index (χ1n) is 7.54. The quantitative estimate of drug-likeness (QED) is 0.907. The minimum Gasteiger partial charge on any atom is -0.491 e. The fourth-order valence-corrected chi connectivity index (χ4v) is 5.00. The molecule has 1 aromatic carbocycles. The number of ether oxygens (including phenoxy) is 2. The van der Waals surface area contributed by atoms with Crippen LogP contribution in [0.1, 0.15) is 30.9 Å². The zero-order valence-corrected chi connectivity index (χ0v) is 12.5. The molecular weight excluding hydrogens is 270 g/mol. The molecule has 3 heterocycles. The SMILES string of the molecule is c1ccc2c(c1)OCC2NC1CCOC2(CCSC2)C1. The third-order valence-corrected chi connectivity index (χ3v) is 5.92. The van der Waals surface area contributed by atoms with E-state index in [0.717, 1.165) is 31.8 Å². The molecule has 1 spiro atoms. The first-order chi connectivity index (χ1) is 9.85. The Kier molecular flexibility index (Phi) is 3.41. The predicted molar refractivity (Wildman–Crippen MR) is 81.5 cm³/mol. The van der Waals surface area contributed by atoms with Crippen LogP contribution in [0.4, 0.5) is 0 Å². The summed E-state index contributed by atoms with van der Waals surface area (Å²) < 4.78 is 11.9. The third-order valence-electron chi connectivity index (χ3n) is 4.70. The standard InChI is InChI=1S/C16H21NO2S/c1-2-4-15-13(3-1)14(10-18-15)17-12-5-7-19-16(9-12)6-8-20-11-16/h1-4,12,14,17H,5-11H2. The number of rotatable bonds is 2. The summed E-state index contributed by atoms with van der Waals surface area (Å²) in [6.45, 7) is 1.66. The van der Waals surface area contributed by atoms with E-state index < -0.39 is 0 Å². The minimum absolute atomic E-state index is 0.152. The van der Waals surface area contributed by atoms with Crippen molar-refractivity contribution < 1.29 is 9.47 Å². The van der Waals surface area contributed by atoms with Gasteiger partial charge in [0.1, 0.15) is 12.4 Å². The van der Waals surface area contributed by atoms with Gasteiger partial charge in [0.05, 0.1) is 11.6 Å². The minimum atomic E-state index is 0.152. The second-order valence-electron chi connectivity index (χ2n) is 6.09. The van der Waals surface area contributed by atoms with Crippen LogP contribution in [0.5, 0.6) is 5.75 Å². The molecule has 3 nitrogen and oxygen atoms in total. The van der Waals surface area contributed by atoms with E-state index in [2.05, 4.69) is 23.5 Å². The molecular formula is C16H21NO2S. The van der Waals surface area contributed by atoms with E-state index >= 15 is 0 Å². The van der Waals surface area contributed by atoms with Crippen LogP contribution < -0.4 is 10.1 Å². The maximum Gasteiger partial charge on any atom is 0.124 e. The zero-order chi connectivity index (χ0) is 13.4. The Hall–Kier alpha value is -0.710. The van der Waals surface area contributed by atoms with E-state index in [4.69, 9.17) is 9.47 Å². The van der Waals surface area contributed by atoms with Crippen LogP contribution in [0.25, 0.3) is 0 Å². The summed E-state index contributed by atoms with van der Waals surface area (Å²) in [4.78, 5) is 0. The predicted octanol–water partition coefficient (Wildman–Crippen LogP) is 2.76. The van der Waals surface area contributed by atoms with Crippen molar-refractivity contribution in [3.8, 4) is 5.75 Å². The van der Waals surface area contributed by atoms with Gasteiger partial charge in [-0.3, -0.25) is 0 Å². The monoisotopic (exact) mass is 291 g/mol. The third kappa shape index (κ3) is 2.34. The normalized spacial score (nSPS) is 36.0. The van der Waals surface area contributed by atoms with E-state index in [-0.39, 0.29) is 5.60 Å². The lowest BCUT2D eigenvalue weighted by Crippen LogP contribution is -2.48. The lowest BCUT2D eigenvalue weighted by atomic mass is 9.89. The van der Waals surface area contributed by atoms with Crippen molar-refractivity contribution in [1.82, 2.24) is 5.32 Å². The van der Waals surface area contributed by atoms with E-state index in [1.54, 1.807) is 0 Å². The van der Waals surface area contributed by atoms with Crippen molar-refractivity contribution in [1.29, 1.82) is 0 Å². The summed E-state index contributed by atoms with van der Waals surface area (Å²) in [5, 5.41) is 3.81. The van der Waals surface area contributed by atoms with Gasteiger partial charge in [-0.2, -0.15) is 11.8 Å². The fraction of sp³-hybridized carbons (Fsp3) is 0.625. The summed E-state index contributed by atoms with van der Waals surface area (Å²) in [5.41, 5.74) is 1.47. The number of nitrogens with one attached hydrogen (secondary N) is 1. The van der Waals surface area contributed by atoms with Crippen LogP contribution in [0.2, 0.25) is 0 Å². The molecule has 0 aliphatic carbocycles. The van der Waals surface area contributed by atoms with Gasteiger partial charge in [-0.05, 0) is 31.1 Å². The molecule has 4 heteroatoms. The van der Waals surface area contributed by atoms with Crippen LogP contribution >= 0.6 is 11.8 Å². The maximum atomic E-state index is 6.10. The van der Waals surface area contributed by atoms with Gasteiger partial charge in [0, 0.05) is 24.0 Å². The van der Waals surface area contributed by atoms with Crippen molar-refractivity contribution in [3.05, 3.63) is 29.8 Å². The van der Waals surface area contributed by atoms with Gasteiger partial charge >= 0.3 is 0 Å². The zero-order valence-electron chi connectivity index (χ0n) is 11.6. The average Bonchev–Trinajstić information content (AvgIpc) is 3.08. The molecule has 1 N–H and O–H groups in total. The number of benzene rings is 1. The molecule has 20 heavy (non-hydrogen) atoms. The molecule has 2 saturated heterocycles. The summed E-state index contributed by atoms with van der Waals surface area (Å²) in [5.74, 6) is 3.47. The average molecular weight is 291 g/mol.